The van der Waals surface area contributed by atoms with Crippen molar-refractivity contribution in [3.8, 4) is 44.9 Å². The van der Waals surface area contributed by atoms with Crippen LogP contribution in [0.2, 0.25) is 5.02 Å². The molecule has 0 unspecified atom stereocenters. The van der Waals surface area contributed by atoms with Crippen LogP contribution in [0.1, 0.15) is 210 Å². The van der Waals surface area contributed by atoms with Crippen molar-refractivity contribution in [1.82, 2.24) is 0 Å². The molecule has 0 atom stereocenters. The van der Waals surface area contributed by atoms with Gasteiger partial charge in [0, 0.05) is 96.1 Å². The Kier molecular flexibility index (Phi) is 19.4. The Morgan fingerprint density at radius 1 is 0.301 bits per heavy atom. The van der Waals surface area contributed by atoms with Gasteiger partial charge in [0.05, 0.1) is 50.0 Å². The normalized spacial score (nSPS) is 14.5. The standard InChI is InChI=1S/C63H62N2O.C38H38ClN.C25H25NO/c1-44-37-53(64(43-45-31-33-48(34-32-45)61(2,3)4)57-29-20-30-59-56(57)42-60(66-59)47-23-15-11-16-24-47)41-54(38-44)65(52-28-19-27-51(39-52)63(8,9)49-25-17-12-18-26-49)58-36-35-50(62(5,6)7)40-55(58)46-21-13-10-14-22-46;1-27-22-32(39)26-34(23-27)40(33-19-13-18-31(24-33)38(5,6)29-16-11-8-12-17-29)36-21-20-30(37(2,3)4)25-35(36)28-14-9-7-10-15-28;1-25(2,3)20-14-12-18(13-15-20)17-26-22-10-7-11-23-21(22)16-24(27-23)19-8-5-4-6-9-19/h10-42H,43H2,1-9H3;7-26H,1-6H3;4-16,26H,17H2,1-3H3/i11D,15D,16D,20D,23D,24D,30D,31D,32D,33D,34D,42D;;4D,5D,6D,7D,8D,9D,11D,12D,13D,14D,15D,16D. The van der Waals surface area contributed by atoms with Gasteiger partial charge in [0.1, 0.15) is 22.7 Å². The minimum atomic E-state index is -0.753. The van der Waals surface area contributed by atoms with E-state index in [9.17, 15) is 8.22 Å². The predicted molar refractivity (Wildman–Crippen MR) is 569 cm³/mol. The van der Waals surface area contributed by atoms with Gasteiger partial charge in [-0.3, -0.25) is 0 Å². The van der Waals surface area contributed by atoms with Crippen molar-refractivity contribution in [1.29, 1.82) is 0 Å². The molecule has 16 aromatic carbocycles. The number of hydrogen-bond donors (Lipinski definition) is 1. The molecular weight excluding hydrogens is 1640 g/mol. The molecule has 0 saturated heterocycles. The van der Waals surface area contributed by atoms with Crippen LogP contribution in [0.4, 0.5) is 51.2 Å². The third kappa shape index (κ3) is 21.3. The molecule has 0 radical (unpaired) electrons. The lowest BCUT2D eigenvalue weighted by molar-refractivity contribution is 0.589. The smallest absolute Gasteiger partial charge is 0.136 e. The van der Waals surface area contributed by atoms with E-state index < -0.39 is 94.5 Å². The fraction of sp³-hybridized carbons (Fsp3) is 0.206. The number of furan rings is 2. The molecule has 0 spiro atoms. The first-order valence-corrected chi connectivity index (χ1v) is 45.2. The predicted octanol–water partition coefficient (Wildman–Crippen LogP) is 36.2. The van der Waals surface area contributed by atoms with E-state index in [2.05, 4.69) is 279 Å². The lowest BCUT2D eigenvalue weighted by Crippen LogP contribution is -2.20. The van der Waals surface area contributed by atoms with Crippen LogP contribution in [0.15, 0.2) is 409 Å². The van der Waals surface area contributed by atoms with Crippen LogP contribution < -0.4 is 20.0 Å². The van der Waals surface area contributed by atoms with Crippen LogP contribution in [0.5, 0.6) is 0 Å². The molecule has 0 saturated carbocycles. The molecule has 0 fully saturated rings. The molecule has 2 heterocycles. The van der Waals surface area contributed by atoms with Crippen molar-refractivity contribution >= 4 is 84.7 Å². The highest BCUT2D eigenvalue weighted by Crippen LogP contribution is 2.50. The zero-order valence-corrected chi connectivity index (χ0v) is 79.5. The number of benzene rings is 16. The molecule has 18 aromatic rings. The summed E-state index contributed by atoms with van der Waals surface area (Å²) < 4.78 is 220. The number of fused-ring (bicyclic) bond motifs is 2. The van der Waals surface area contributed by atoms with Crippen LogP contribution in [0, 0.1) is 13.8 Å². The van der Waals surface area contributed by atoms with E-state index in [4.69, 9.17) is 45.1 Å². The molecule has 18 rings (SSSR count). The molecular formula is C126H125ClN4O2. The molecule has 0 bridgehead atoms. The van der Waals surface area contributed by atoms with Crippen molar-refractivity contribution in [2.24, 2.45) is 0 Å². The summed E-state index contributed by atoms with van der Waals surface area (Å²) in [6.07, 6.45) is 0. The molecule has 0 aliphatic rings. The average Bonchev–Trinajstić information content (AvgIpc) is 1.58. The number of aryl methyl sites for hydroxylation is 2. The molecule has 0 amide bonds. The van der Waals surface area contributed by atoms with Crippen LogP contribution in [-0.2, 0) is 45.6 Å². The van der Waals surface area contributed by atoms with Gasteiger partial charge in [0.15, 0.2) is 0 Å². The Balaban J connectivity index is 0.000000184. The van der Waals surface area contributed by atoms with Crippen molar-refractivity contribution in [3.05, 3.63) is 472 Å². The van der Waals surface area contributed by atoms with E-state index >= 15 is 0 Å². The van der Waals surface area contributed by atoms with Crippen molar-refractivity contribution in [3.63, 3.8) is 0 Å². The van der Waals surface area contributed by atoms with E-state index in [1.165, 1.54) is 39.9 Å². The number of nitrogens with one attached hydrogen (secondary N) is 1. The van der Waals surface area contributed by atoms with Crippen LogP contribution in [0.3, 0.4) is 0 Å². The minimum Gasteiger partial charge on any atom is -0.456 e. The van der Waals surface area contributed by atoms with Gasteiger partial charge < -0.3 is 28.9 Å². The monoisotopic (exact) mass is 1790 g/mol. The second kappa shape index (κ2) is 38.9. The molecule has 668 valence electrons. The lowest BCUT2D eigenvalue weighted by Gasteiger charge is -2.33. The molecule has 2 aromatic heterocycles. The summed E-state index contributed by atoms with van der Waals surface area (Å²) in [5, 5.41) is 3.66. The van der Waals surface area contributed by atoms with Gasteiger partial charge in [-0.05, 0) is 235 Å². The zero-order chi connectivity index (χ0) is 114. The van der Waals surface area contributed by atoms with Gasteiger partial charge in [-0.15, -0.1) is 0 Å². The molecule has 1 N–H and O–H groups in total. The number of nitrogens with zero attached hydrogens (tertiary/aromatic N) is 3. The summed E-state index contributed by atoms with van der Waals surface area (Å²) >= 11 is 6.67. The maximum Gasteiger partial charge on any atom is 0.136 e. The summed E-state index contributed by atoms with van der Waals surface area (Å²) in [4.78, 5) is 6.26. The fourth-order valence-electron chi connectivity index (χ4n) is 16.2. The SMILES string of the molecule is Cc1cc(Cl)cc(N(c2cccc(C(C)(C)c3ccccc3)c2)c2ccc(C(C)(C)C)cc2-c2ccccc2)c1.[2H]c1cc(N(Cc2c([2H])c([2H])c(C(C)(C)C)c([2H])c2[2H])c2cc(C)cc(N(c3cccc(C(C)(C)c4ccccc4)c3)c3ccc(C(C)(C)C)cc3-c3ccccc3)c2)c2c([2H])c(-c3c([2H])c([2H])c([2H])c([2H])c3[2H])oc2c1[2H].[2H]c1cc(NCc2c([2H])c([2H])c(C(C)(C)C)c([2H])c2[2H])c2c([2H])c(-c3c([2H])c([2H])c([2H])c([2H])c3[2H])oc2c1[2H]. The number of anilines is 9. The molecule has 6 nitrogen and oxygen atoms in total. The highest BCUT2D eigenvalue weighted by atomic mass is 35.5. The number of halogens is 1. The second-order valence-corrected chi connectivity index (χ2v) is 39.2. The lowest BCUT2D eigenvalue weighted by atomic mass is 9.78. The van der Waals surface area contributed by atoms with Crippen LogP contribution in [0.25, 0.3) is 66.8 Å². The summed E-state index contributed by atoms with van der Waals surface area (Å²) in [6.45, 7) is 36.7. The highest BCUT2D eigenvalue weighted by molar-refractivity contribution is 6.31. The van der Waals surface area contributed by atoms with E-state index in [0.29, 0.717) is 11.4 Å². The maximum atomic E-state index is 9.77. The topological polar surface area (TPSA) is 48.0 Å². The quantitative estimate of drug-likeness (QED) is 0.0774. The largest absolute Gasteiger partial charge is 0.456 e. The van der Waals surface area contributed by atoms with Crippen molar-refractivity contribution < 1.29 is 41.7 Å². The van der Waals surface area contributed by atoms with Crippen molar-refractivity contribution in [2.75, 3.05) is 20.0 Å². The van der Waals surface area contributed by atoms with Crippen LogP contribution >= 0.6 is 11.6 Å². The van der Waals surface area contributed by atoms with Gasteiger partial charge >= 0.3 is 0 Å². The first kappa shape index (κ1) is 66.4. The minimum absolute atomic E-state index is 0.0133. The summed E-state index contributed by atoms with van der Waals surface area (Å²) in [5.41, 5.74) is 17.0. The Hall–Kier alpha value is -13.9. The van der Waals surface area contributed by atoms with E-state index in [0.717, 1.165) is 72.4 Å². The van der Waals surface area contributed by atoms with Gasteiger partial charge in [0.25, 0.3) is 0 Å². The number of rotatable bonds is 21. The fourth-order valence-corrected chi connectivity index (χ4v) is 16.5. The molecule has 133 heavy (non-hydrogen) atoms. The first-order valence-electron chi connectivity index (χ1n) is 56.8. The highest BCUT2D eigenvalue weighted by Gasteiger charge is 2.31. The van der Waals surface area contributed by atoms with E-state index in [-0.39, 0.29) is 174 Å². The first-order chi connectivity index (χ1) is 73.7. The molecule has 0 aliphatic carbocycles. The number of hydrogen-bond acceptors (Lipinski definition) is 6. The third-order valence-electron chi connectivity index (χ3n) is 24.0. The van der Waals surface area contributed by atoms with Gasteiger partial charge in [0.2, 0.25) is 0 Å². The Bertz CT molecular complexity index is 8470. The third-order valence-corrected chi connectivity index (χ3v) is 24.2. The molecule has 0 aliphatic heterocycles. The van der Waals surface area contributed by atoms with Gasteiger partial charge in [-0.25, -0.2) is 0 Å². The average molecular weight is 1790 g/mol. The summed E-state index contributed by atoms with van der Waals surface area (Å²) in [5.74, 6) is -0.759. The van der Waals surface area contributed by atoms with Gasteiger partial charge in [-0.1, -0.05) is 401 Å². The zero-order valence-electron chi connectivity index (χ0n) is 103. The van der Waals surface area contributed by atoms with Crippen molar-refractivity contribution in [2.45, 2.75) is 170 Å². The van der Waals surface area contributed by atoms with Gasteiger partial charge in [-0.2, -0.15) is 0 Å². The summed E-state index contributed by atoms with van der Waals surface area (Å²) in [6, 6.07) is 77.5. The Morgan fingerprint density at radius 2 is 0.699 bits per heavy atom. The second-order valence-electron chi connectivity index (χ2n) is 38.8. The van der Waals surface area contributed by atoms with E-state index in [1.54, 1.807) is 25.7 Å². The van der Waals surface area contributed by atoms with Crippen LogP contribution in [-0.4, -0.2) is 0 Å². The Labute approximate surface area is 829 Å². The van der Waals surface area contributed by atoms with E-state index in [1.807, 2.05) is 82.3 Å². The summed E-state index contributed by atoms with van der Waals surface area (Å²) in [7, 11) is 0. The Morgan fingerprint density at radius 3 is 1.15 bits per heavy atom. The maximum absolute atomic E-state index is 9.77. The molecule has 7 heteroatoms.